The second kappa shape index (κ2) is 9.71. The molecule has 32 heavy (non-hydrogen) atoms. The molecule has 0 bridgehead atoms. The van der Waals surface area contributed by atoms with Crippen molar-refractivity contribution in [1.82, 2.24) is 0 Å². The molecule has 3 rings (SSSR count). The molecule has 0 saturated heterocycles. The Balaban J connectivity index is 1.74. The average Bonchev–Trinajstić information content (AvgIpc) is 2.73. The summed E-state index contributed by atoms with van der Waals surface area (Å²) in [6.45, 7) is 0.447. The largest absolute Gasteiger partial charge is 0.481 e. The van der Waals surface area contributed by atoms with Crippen LogP contribution < -0.4 is 9.47 Å². The molecule has 8 heteroatoms. The fourth-order valence-electron chi connectivity index (χ4n) is 3.24. The molecule has 0 N–H and O–H groups in total. The van der Waals surface area contributed by atoms with Gasteiger partial charge in [-0.25, -0.2) is 4.39 Å². The van der Waals surface area contributed by atoms with Crippen LogP contribution in [0.25, 0.3) is 10.8 Å². The van der Waals surface area contributed by atoms with Crippen LogP contribution in [0, 0.1) is 5.82 Å². The van der Waals surface area contributed by atoms with Gasteiger partial charge >= 0.3 is 12.3 Å². The molecule has 3 aromatic carbocycles. The quantitative estimate of drug-likeness (QED) is 0.242. The van der Waals surface area contributed by atoms with Gasteiger partial charge in [0.25, 0.3) is 0 Å². The first-order chi connectivity index (χ1) is 15.1. The van der Waals surface area contributed by atoms with E-state index in [2.05, 4.69) is 11.7 Å². The molecule has 2 nitrogen and oxygen atoms in total. The van der Waals surface area contributed by atoms with Gasteiger partial charge in [0.15, 0.2) is 18.2 Å². The second-order valence-corrected chi connectivity index (χ2v) is 7.44. The lowest BCUT2D eigenvalue weighted by molar-refractivity contribution is -0.185. The summed E-state index contributed by atoms with van der Waals surface area (Å²) >= 11 is 0. The number of hydrogen-bond acceptors (Lipinski definition) is 2. The van der Waals surface area contributed by atoms with Crippen LogP contribution in [0.5, 0.6) is 11.5 Å². The Morgan fingerprint density at radius 1 is 0.844 bits per heavy atom. The third kappa shape index (κ3) is 6.08. The molecule has 0 amide bonds. The zero-order valence-corrected chi connectivity index (χ0v) is 17.3. The number of aryl methyl sites for hydroxylation is 1. The van der Waals surface area contributed by atoms with Crippen LogP contribution in [0.1, 0.15) is 37.3 Å². The van der Waals surface area contributed by atoms with Gasteiger partial charge in [0, 0.05) is 5.39 Å². The Hall–Kier alpha value is -2.90. The van der Waals surface area contributed by atoms with Crippen molar-refractivity contribution in [2.75, 3.05) is 6.61 Å². The Bertz CT molecular complexity index is 1040. The molecule has 0 radical (unpaired) electrons. The topological polar surface area (TPSA) is 18.5 Å². The van der Waals surface area contributed by atoms with E-state index >= 15 is 0 Å². The lowest BCUT2D eigenvalue weighted by Gasteiger charge is -2.19. The van der Waals surface area contributed by atoms with Crippen molar-refractivity contribution in [3.8, 4) is 11.5 Å². The summed E-state index contributed by atoms with van der Waals surface area (Å²) in [5, 5.41) is 0.109. The highest BCUT2D eigenvalue weighted by atomic mass is 19.4. The zero-order valence-electron chi connectivity index (χ0n) is 17.3. The van der Waals surface area contributed by atoms with E-state index in [9.17, 15) is 26.3 Å². The van der Waals surface area contributed by atoms with Gasteiger partial charge in [-0.2, -0.15) is 22.0 Å². The average molecular weight is 456 g/mol. The van der Waals surface area contributed by atoms with Crippen LogP contribution >= 0.6 is 0 Å². The predicted molar refractivity (Wildman–Crippen MR) is 110 cm³/mol. The standard InChI is InChI=1S/C24H22F6O2/c1-2-3-4-5-16-6-9-18(10-7-16)24(29,30)32-19-11-12-20-17(14-19)8-13-21(22(20)25)31-15-23(26,27)28/h6-14H,2-5,15H2,1H3. The summed E-state index contributed by atoms with van der Waals surface area (Å²) in [6.07, 6.45) is -4.30. The number of unbranched alkanes of at least 4 members (excludes halogenated alkanes) is 2. The minimum Gasteiger partial charge on any atom is -0.481 e. The third-order valence-electron chi connectivity index (χ3n) is 4.89. The Labute approximate surface area is 181 Å². The molecule has 0 aliphatic carbocycles. The van der Waals surface area contributed by atoms with Gasteiger partial charge in [-0.15, -0.1) is 0 Å². The van der Waals surface area contributed by atoms with Gasteiger partial charge in [-0.05, 0) is 60.2 Å². The number of ether oxygens (including phenoxy) is 2. The van der Waals surface area contributed by atoms with Crippen LogP contribution in [-0.2, 0) is 12.5 Å². The van der Waals surface area contributed by atoms with E-state index in [4.69, 9.17) is 4.74 Å². The van der Waals surface area contributed by atoms with E-state index in [0.717, 1.165) is 49.4 Å². The van der Waals surface area contributed by atoms with Gasteiger partial charge in [0.05, 0.1) is 5.56 Å². The Morgan fingerprint density at radius 3 is 2.22 bits per heavy atom. The smallest absolute Gasteiger partial charge is 0.426 e. The molecular formula is C24H22F6O2. The van der Waals surface area contributed by atoms with Crippen LogP contribution in [0.3, 0.4) is 0 Å². The number of rotatable bonds is 9. The van der Waals surface area contributed by atoms with Crippen molar-refractivity contribution in [2.24, 2.45) is 0 Å². The van der Waals surface area contributed by atoms with Crippen molar-refractivity contribution in [1.29, 1.82) is 0 Å². The highest BCUT2D eigenvalue weighted by Gasteiger charge is 2.34. The van der Waals surface area contributed by atoms with Gasteiger partial charge in [-0.1, -0.05) is 38.0 Å². The molecule has 0 aromatic heterocycles. The predicted octanol–water partition coefficient (Wildman–Crippen LogP) is 7.78. The highest BCUT2D eigenvalue weighted by molar-refractivity contribution is 5.86. The van der Waals surface area contributed by atoms with Gasteiger partial charge in [0.1, 0.15) is 5.75 Å². The summed E-state index contributed by atoms with van der Waals surface area (Å²) in [6, 6.07) is 11.7. The monoisotopic (exact) mass is 456 g/mol. The first kappa shape index (κ1) is 23.8. The molecule has 0 unspecified atom stereocenters. The van der Waals surface area contributed by atoms with Crippen LogP contribution in [0.15, 0.2) is 54.6 Å². The van der Waals surface area contributed by atoms with Gasteiger partial charge in [0.2, 0.25) is 0 Å². The lowest BCUT2D eigenvalue weighted by atomic mass is 10.0. The summed E-state index contributed by atoms with van der Waals surface area (Å²) in [7, 11) is 0. The van der Waals surface area contributed by atoms with E-state index in [0.29, 0.717) is 0 Å². The number of alkyl halides is 5. The van der Waals surface area contributed by atoms with E-state index < -0.39 is 30.5 Å². The fourth-order valence-corrected chi connectivity index (χ4v) is 3.24. The molecule has 0 fully saturated rings. The maximum atomic E-state index is 14.6. The highest BCUT2D eigenvalue weighted by Crippen LogP contribution is 2.35. The van der Waals surface area contributed by atoms with E-state index in [1.54, 1.807) is 12.1 Å². The molecule has 0 atom stereocenters. The molecule has 3 aromatic rings. The van der Waals surface area contributed by atoms with Crippen molar-refractivity contribution in [2.45, 2.75) is 44.9 Å². The van der Waals surface area contributed by atoms with Crippen molar-refractivity contribution in [3.05, 3.63) is 71.5 Å². The number of halogens is 6. The maximum Gasteiger partial charge on any atom is 0.426 e. The SMILES string of the molecule is CCCCCc1ccc(C(F)(F)Oc2ccc3c(F)c(OCC(F)(F)F)ccc3c2)cc1. The fraction of sp³-hybridized carbons (Fsp3) is 0.333. The Kier molecular flexibility index (Phi) is 7.21. The van der Waals surface area contributed by atoms with Crippen molar-refractivity contribution in [3.63, 3.8) is 0 Å². The molecule has 172 valence electrons. The first-order valence-electron chi connectivity index (χ1n) is 10.2. The maximum absolute atomic E-state index is 14.6. The van der Waals surface area contributed by atoms with Gasteiger partial charge < -0.3 is 9.47 Å². The van der Waals surface area contributed by atoms with Crippen molar-refractivity contribution < 1.29 is 35.8 Å². The molecule has 0 aliphatic rings. The molecule has 0 saturated carbocycles. The molecule has 0 heterocycles. The van der Waals surface area contributed by atoms with Crippen LogP contribution in [0.2, 0.25) is 0 Å². The van der Waals surface area contributed by atoms with Gasteiger partial charge in [-0.3, -0.25) is 0 Å². The summed E-state index contributed by atoms with van der Waals surface area (Å²) in [4.78, 5) is 0. The number of fused-ring (bicyclic) bond motifs is 1. The minimum absolute atomic E-state index is 0.0724. The van der Waals surface area contributed by atoms with E-state index in [1.807, 2.05) is 0 Å². The number of hydrogen-bond donors (Lipinski definition) is 0. The summed E-state index contributed by atoms with van der Waals surface area (Å²) < 4.78 is 89.9. The second-order valence-electron chi connectivity index (χ2n) is 7.44. The molecular weight excluding hydrogens is 434 g/mol. The molecule has 0 aliphatic heterocycles. The van der Waals surface area contributed by atoms with Crippen LogP contribution in [-0.4, -0.2) is 12.8 Å². The van der Waals surface area contributed by atoms with E-state index in [1.165, 1.54) is 24.3 Å². The van der Waals surface area contributed by atoms with Crippen LogP contribution in [0.4, 0.5) is 26.3 Å². The lowest BCUT2D eigenvalue weighted by Crippen LogP contribution is -2.21. The molecule has 0 spiro atoms. The zero-order chi connectivity index (χ0) is 23.4. The van der Waals surface area contributed by atoms with Crippen molar-refractivity contribution >= 4 is 10.8 Å². The third-order valence-corrected chi connectivity index (χ3v) is 4.89. The van der Waals surface area contributed by atoms with E-state index in [-0.39, 0.29) is 22.1 Å². The summed E-state index contributed by atoms with van der Waals surface area (Å²) in [5.41, 5.74) is 0.640. The normalized spacial score (nSPS) is 12.2. The summed E-state index contributed by atoms with van der Waals surface area (Å²) in [5.74, 6) is -1.80. The Morgan fingerprint density at radius 2 is 1.56 bits per heavy atom. The minimum atomic E-state index is -4.61. The first-order valence-corrected chi connectivity index (χ1v) is 10.2. The number of benzene rings is 3.